The second-order valence-corrected chi connectivity index (χ2v) is 4.19. The van der Waals surface area contributed by atoms with Gasteiger partial charge in [-0.15, -0.1) is 0 Å². The molecule has 0 unspecified atom stereocenters. The molecule has 0 saturated carbocycles. The molecule has 0 aliphatic rings. The molecule has 7 nitrogen and oxygen atoms in total. The molecule has 23 heavy (non-hydrogen) atoms. The fraction of sp³-hybridized carbons (Fsp3) is 0.400. The summed E-state index contributed by atoms with van der Waals surface area (Å²) < 4.78 is 0. The van der Waals surface area contributed by atoms with Gasteiger partial charge in [0.1, 0.15) is 0 Å². The molecule has 8 heteroatoms. The third-order valence-corrected chi connectivity index (χ3v) is 1.24. The Kier molecular flexibility index (Phi) is 31.0. The van der Waals surface area contributed by atoms with Crippen molar-refractivity contribution in [3.63, 3.8) is 0 Å². The third kappa shape index (κ3) is 62.3. The van der Waals surface area contributed by atoms with Gasteiger partial charge in [-0.25, -0.2) is 0 Å². The smallest absolute Gasteiger partial charge is 0.155 e. The van der Waals surface area contributed by atoms with Crippen LogP contribution < -0.4 is 0 Å². The van der Waals surface area contributed by atoms with E-state index < -0.39 is 0 Å². The first-order valence-electron chi connectivity index (χ1n) is 6.02. The Morgan fingerprint density at radius 3 is 0.696 bits per heavy atom. The molecule has 0 aliphatic carbocycles. The molecule has 0 rings (SSSR count). The van der Waals surface area contributed by atoms with Crippen LogP contribution in [0.1, 0.15) is 41.5 Å². The van der Waals surface area contributed by atoms with Crippen LogP contribution in [0.4, 0.5) is 0 Å². The molecule has 0 aromatic carbocycles. The summed E-state index contributed by atoms with van der Waals surface area (Å²) >= 11 is 0. The zero-order valence-corrected chi connectivity index (χ0v) is 16.6. The minimum absolute atomic E-state index is 0. The Bertz CT molecular complexity index is 370. The minimum Gasteiger partial charge on any atom is -0.512 e. The van der Waals surface area contributed by atoms with Crippen molar-refractivity contribution in [1.82, 2.24) is 0 Å². The van der Waals surface area contributed by atoms with Gasteiger partial charge < -0.3 is 20.8 Å². The molecule has 135 valence electrons. The van der Waals surface area contributed by atoms with Gasteiger partial charge in [-0.3, -0.25) is 14.4 Å². The first-order valence-corrected chi connectivity index (χ1v) is 6.02. The summed E-state index contributed by atoms with van der Waals surface area (Å²) in [4.78, 5) is 30.1. The molecular weight excluding hydrogens is 444 g/mol. The van der Waals surface area contributed by atoms with Crippen molar-refractivity contribution in [3.8, 4) is 0 Å². The van der Waals surface area contributed by atoms with Crippen LogP contribution in [0.15, 0.2) is 35.5 Å². The van der Waals surface area contributed by atoms with Crippen molar-refractivity contribution in [2.75, 3.05) is 0 Å². The number of hydrogen-bond donors (Lipinski definition) is 3. The van der Waals surface area contributed by atoms with E-state index in [4.69, 9.17) is 15.3 Å². The van der Waals surface area contributed by atoms with E-state index in [2.05, 4.69) is 0 Å². The van der Waals surface area contributed by atoms with Gasteiger partial charge >= 0.3 is 0 Å². The normalized spacial score (nSPS) is 10.4. The molecule has 0 atom stereocenters. The maximum atomic E-state index is 10.0. The van der Waals surface area contributed by atoms with Crippen LogP contribution in [0, 0.1) is 49.4 Å². The summed E-state index contributed by atoms with van der Waals surface area (Å²) in [5.41, 5.74) is 0. The van der Waals surface area contributed by atoms with E-state index in [1.54, 1.807) is 0 Å². The summed E-state index contributed by atoms with van der Waals surface area (Å²) in [5, 5.41) is 25.1. The van der Waals surface area contributed by atoms with Crippen molar-refractivity contribution in [2.45, 2.75) is 41.5 Å². The zero-order chi connectivity index (χ0) is 17.6. The largest absolute Gasteiger partial charge is 0.512 e. The zero-order valence-electron chi connectivity index (χ0n) is 14.2. The van der Waals surface area contributed by atoms with Gasteiger partial charge in [-0.2, -0.15) is 0 Å². The molecule has 0 aromatic heterocycles. The predicted octanol–water partition coefficient (Wildman–Crippen LogP) is 2.29. The predicted molar refractivity (Wildman–Crippen MR) is 84.8 cm³/mol. The monoisotopic (exact) mass is 471 g/mol. The Labute approximate surface area is 177 Å². The van der Waals surface area contributed by atoms with Crippen molar-refractivity contribution >= 4 is 17.3 Å². The van der Waals surface area contributed by atoms with Gasteiger partial charge in [0.2, 0.25) is 0 Å². The summed E-state index contributed by atoms with van der Waals surface area (Å²) in [5.74, 6) is -0.187. The van der Waals surface area contributed by atoms with Crippen LogP contribution in [0.2, 0.25) is 0 Å². The number of aliphatic hydroxyl groups is 3. The Morgan fingerprint density at radius 2 is 0.696 bits per heavy atom. The van der Waals surface area contributed by atoms with Gasteiger partial charge in [0.25, 0.3) is 0 Å². The number of hydrogen-bond acceptors (Lipinski definition) is 6. The standard InChI is InChI=1S/3C5H8O2.Eu.H2O/c3*1-4(6)3-5(2)7;;/h3*3,6H,1-2H3;;1H2/b4-3+;2*4-3-;;. The number of allylic oxidation sites excluding steroid dienone is 6. The Hall–Kier alpha value is -0.826. The molecule has 5 N–H and O–H groups in total. The number of aliphatic hydroxyl groups excluding tert-OH is 3. The average Bonchev–Trinajstić information content (AvgIpc) is 2.10. The Balaban J connectivity index is -0.0000000675. The minimum atomic E-state index is -0.125. The topological polar surface area (TPSA) is 143 Å². The maximum Gasteiger partial charge on any atom is 0.155 e. The first-order chi connectivity index (χ1) is 9.38. The van der Waals surface area contributed by atoms with Crippen molar-refractivity contribution in [3.05, 3.63) is 35.5 Å². The van der Waals surface area contributed by atoms with E-state index in [-0.39, 0.29) is 89.5 Å². The van der Waals surface area contributed by atoms with Gasteiger partial charge in [0.15, 0.2) is 17.3 Å². The second kappa shape index (κ2) is 21.2. The average molecular weight is 470 g/mol. The molecule has 0 aromatic rings. The van der Waals surface area contributed by atoms with E-state index in [9.17, 15) is 14.4 Å². The SMILES string of the molecule is CC(=O)/C=C(/C)O.CC(=O)/C=C(/C)O.CC(=O)/C=C(\C)O.O.[Eu]. The Morgan fingerprint density at radius 1 is 0.565 bits per heavy atom. The van der Waals surface area contributed by atoms with E-state index in [1.807, 2.05) is 0 Å². The van der Waals surface area contributed by atoms with Crippen LogP contribution in [0.3, 0.4) is 0 Å². The number of carbonyl (C=O) groups excluding carboxylic acids is 3. The van der Waals surface area contributed by atoms with Gasteiger partial charge in [0.05, 0.1) is 17.3 Å². The molecule has 0 amide bonds. The molecule has 0 saturated heterocycles. The molecule has 0 aliphatic heterocycles. The number of ketones is 3. The van der Waals surface area contributed by atoms with Crippen LogP contribution in [0.5, 0.6) is 0 Å². The van der Waals surface area contributed by atoms with Gasteiger partial charge in [-0.05, 0) is 41.5 Å². The number of rotatable bonds is 3. The van der Waals surface area contributed by atoms with E-state index >= 15 is 0 Å². The quantitative estimate of drug-likeness (QED) is 0.427. The van der Waals surface area contributed by atoms with E-state index in [0.717, 1.165) is 0 Å². The van der Waals surface area contributed by atoms with Gasteiger partial charge in [0, 0.05) is 67.6 Å². The van der Waals surface area contributed by atoms with E-state index in [0.29, 0.717) is 0 Å². The third-order valence-electron chi connectivity index (χ3n) is 1.24. The molecule has 1 radical (unpaired) electrons. The first kappa shape index (κ1) is 33.7. The summed E-state index contributed by atoms with van der Waals surface area (Å²) in [7, 11) is 0. The van der Waals surface area contributed by atoms with Crippen molar-refractivity contribution < 1.29 is 84.6 Å². The second-order valence-electron chi connectivity index (χ2n) is 4.19. The molecule has 0 spiro atoms. The van der Waals surface area contributed by atoms with Crippen LogP contribution >= 0.6 is 0 Å². The molecule has 0 heterocycles. The van der Waals surface area contributed by atoms with Crippen molar-refractivity contribution in [1.29, 1.82) is 0 Å². The van der Waals surface area contributed by atoms with Gasteiger partial charge in [-0.1, -0.05) is 0 Å². The summed E-state index contributed by atoms with van der Waals surface area (Å²) in [6.07, 6.45) is 3.50. The van der Waals surface area contributed by atoms with Crippen LogP contribution in [-0.4, -0.2) is 38.1 Å². The molecular formula is C15H26EuO7. The van der Waals surface area contributed by atoms with Crippen LogP contribution in [0.25, 0.3) is 0 Å². The van der Waals surface area contributed by atoms with Crippen molar-refractivity contribution in [2.24, 2.45) is 0 Å². The maximum absolute atomic E-state index is 10.0. The summed E-state index contributed by atoms with van der Waals surface area (Å²) in [6, 6.07) is 0. The summed E-state index contributed by atoms with van der Waals surface area (Å²) in [6.45, 7) is 8.54. The fourth-order valence-electron chi connectivity index (χ4n) is 0.882. The van der Waals surface area contributed by atoms with E-state index in [1.165, 1.54) is 59.8 Å². The molecule has 0 bridgehead atoms. The molecule has 0 fully saturated rings. The fourth-order valence-corrected chi connectivity index (χ4v) is 0.882. The number of carbonyl (C=O) groups is 3. The van der Waals surface area contributed by atoms with Crippen LogP contribution in [-0.2, 0) is 14.4 Å².